The highest BCUT2D eigenvalue weighted by molar-refractivity contribution is 5.93. The molecule has 1 aromatic carbocycles. The third kappa shape index (κ3) is 3.64. The molecule has 1 aromatic heterocycles. The van der Waals surface area contributed by atoms with Crippen LogP contribution < -0.4 is 10.2 Å². The van der Waals surface area contributed by atoms with Crippen LogP contribution in [0.15, 0.2) is 30.6 Å². The Morgan fingerprint density at radius 3 is 3.00 bits per heavy atom. The van der Waals surface area contributed by atoms with E-state index in [4.69, 9.17) is 5.11 Å². The summed E-state index contributed by atoms with van der Waals surface area (Å²) in [6, 6.07) is 7.74. The standard InChI is InChI=1S/C18H24N4O2/c23-12-5-1-4-10-19-18(24)16-9-6-11-22(16)17-14-7-2-3-8-15(14)20-13-21-17/h2-3,7-8,13,16,23H,1,4-6,9-12H2,(H,19,24). The van der Waals surface area contributed by atoms with Crippen LogP contribution >= 0.6 is 0 Å². The molecule has 1 fully saturated rings. The van der Waals surface area contributed by atoms with Crippen LogP contribution in [0.2, 0.25) is 0 Å². The smallest absolute Gasteiger partial charge is 0.242 e. The average Bonchev–Trinajstić information content (AvgIpc) is 3.10. The molecule has 0 bridgehead atoms. The highest BCUT2D eigenvalue weighted by Gasteiger charge is 2.32. The predicted molar refractivity (Wildman–Crippen MR) is 93.9 cm³/mol. The van der Waals surface area contributed by atoms with E-state index in [1.807, 2.05) is 24.3 Å². The molecule has 6 heteroatoms. The number of para-hydroxylation sites is 1. The summed E-state index contributed by atoms with van der Waals surface area (Å²) < 4.78 is 0. The first-order valence-corrected chi connectivity index (χ1v) is 8.66. The SMILES string of the molecule is O=C(NCCCCCO)C1CCCN1c1ncnc2ccccc12. The van der Waals surface area contributed by atoms with Crippen LogP contribution in [-0.4, -0.2) is 46.7 Å². The summed E-state index contributed by atoms with van der Waals surface area (Å²) in [5.74, 6) is 0.915. The number of aliphatic hydroxyl groups excluding tert-OH is 1. The van der Waals surface area contributed by atoms with Crippen LogP contribution in [0.1, 0.15) is 32.1 Å². The van der Waals surface area contributed by atoms with E-state index in [2.05, 4.69) is 20.2 Å². The van der Waals surface area contributed by atoms with E-state index in [1.165, 1.54) is 0 Å². The number of fused-ring (bicyclic) bond motifs is 1. The molecule has 1 unspecified atom stereocenters. The Balaban J connectivity index is 1.69. The molecule has 128 valence electrons. The molecule has 0 aliphatic carbocycles. The van der Waals surface area contributed by atoms with Crippen LogP contribution in [0.25, 0.3) is 10.9 Å². The molecule has 0 radical (unpaired) electrons. The number of unbranched alkanes of at least 4 members (excludes halogenated alkanes) is 2. The number of amides is 1. The first-order chi connectivity index (χ1) is 11.8. The molecule has 0 spiro atoms. The van der Waals surface area contributed by atoms with Crippen molar-refractivity contribution >= 4 is 22.6 Å². The lowest BCUT2D eigenvalue weighted by atomic mass is 10.1. The molecule has 1 saturated heterocycles. The van der Waals surface area contributed by atoms with Gasteiger partial charge in [-0.25, -0.2) is 9.97 Å². The van der Waals surface area contributed by atoms with Crippen LogP contribution in [0.3, 0.4) is 0 Å². The zero-order valence-corrected chi connectivity index (χ0v) is 13.8. The monoisotopic (exact) mass is 328 g/mol. The van der Waals surface area contributed by atoms with E-state index < -0.39 is 0 Å². The second-order valence-electron chi connectivity index (χ2n) is 6.14. The van der Waals surface area contributed by atoms with Gasteiger partial charge in [0.2, 0.25) is 5.91 Å². The zero-order chi connectivity index (χ0) is 16.8. The molecule has 1 aliphatic rings. The van der Waals surface area contributed by atoms with Gasteiger partial charge in [-0.05, 0) is 44.2 Å². The maximum Gasteiger partial charge on any atom is 0.242 e. The Labute approximate surface area is 141 Å². The van der Waals surface area contributed by atoms with Crippen molar-refractivity contribution in [2.45, 2.75) is 38.1 Å². The normalized spacial score (nSPS) is 17.4. The van der Waals surface area contributed by atoms with Gasteiger partial charge in [0.15, 0.2) is 0 Å². The highest BCUT2D eigenvalue weighted by atomic mass is 16.2. The van der Waals surface area contributed by atoms with Gasteiger partial charge < -0.3 is 15.3 Å². The summed E-state index contributed by atoms with van der Waals surface area (Å²) in [5.41, 5.74) is 0.901. The molecule has 1 atom stereocenters. The summed E-state index contributed by atoms with van der Waals surface area (Å²) in [6.45, 7) is 1.71. The molecular formula is C18H24N4O2. The van der Waals surface area contributed by atoms with Gasteiger partial charge in [-0.2, -0.15) is 0 Å². The summed E-state index contributed by atoms with van der Waals surface area (Å²) in [7, 11) is 0. The predicted octanol–water partition coefficient (Wildman–Crippen LogP) is 1.88. The van der Waals surface area contributed by atoms with Crippen molar-refractivity contribution in [1.82, 2.24) is 15.3 Å². The molecule has 6 nitrogen and oxygen atoms in total. The topological polar surface area (TPSA) is 78.4 Å². The van der Waals surface area contributed by atoms with Crippen molar-refractivity contribution in [3.8, 4) is 0 Å². The lowest BCUT2D eigenvalue weighted by Gasteiger charge is -2.25. The number of hydrogen-bond donors (Lipinski definition) is 2. The van der Waals surface area contributed by atoms with Crippen molar-refractivity contribution in [3.05, 3.63) is 30.6 Å². The second kappa shape index (κ2) is 8.06. The van der Waals surface area contributed by atoms with Gasteiger partial charge in [-0.1, -0.05) is 12.1 Å². The fraction of sp³-hybridized carbons (Fsp3) is 0.500. The average molecular weight is 328 g/mol. The number of carbonyl (C=O) groups is 1. The maximum absolute atomic E-state index is 12.6. The van der Waals surface area contributed by atoms with Crippen LogP contribution in [0, 0.1) is 0 Å². The van der Waals surface area contributed by atoms with Crippen molar-refractivity contribution in [1.29, 1.82) is 0 Å². The Morgan fingerprint density at radius 2 is 2.12 bits per heavy atom. The number of nitrogens with one attached hydrogen (secondary N) is 1. The van der Waals surface area contributed by atoms with E-state index in [-0.39, 0.29) is 18.6 Å². The maximum atomic E-state index is 12.6. The largest absolute Gasteiger partial charge is 0.396 e. The number of carbonyl (C=O) groups excluding carboxylic acids is 1. The first-order valence-electron chi connectivity index (χ1n) is 8.66. The number of benzene rings is 1. The fourth-order valence-electron chi connectivity index (χ4n) is 3.26. The number of anilines is 1. The van der Waals surface area contributed by atoms with Gasteiger partial charge in [-0.15, -0.1) is 0 Å². The Bertz CT molecular complexity index is 686. The summed E-state index contributed by atoms with van der Waals surface area (Å²) in [5, 5.41) is 12.8. The number of hydrogen-bond acceptors (Lipinski definition) is 5. The number of aliphatic hydroxyl groups is 1. The minimum Gasteiger partial charge on any atom is -0.396 e. The van der Waals surface area contributed by atoms with Gasteiger partial charge in [0.05, 0.1) is 5.52 Å². The second-order valence-corrected chi connectivity index (χ2v) is 6.14. The fourth-order valence-corrected chi connectivity index (χ4v) is 3.26. The van der Waals surface area contributed by atoms with Gasteiger partial charge in [0, 0.05) is 25.1 Å². The third-order valence-corrected chi connectivity index (χ3v) is 4.48. The molecule has 3 rings (SSSR count). The van der Waals surface area contributed by atoms with Gasteiger partial charge >= 0.3 is 0 Å². The van der Waals surface area contributed by atoms with E-state index in [9.17, 15) is 4.79 Å². The lowest BCUT2D eigenvalue weighted by Crippen LogP contribution is -2.44. The van der Waals surface area contributed by atoms with Gasteiger partial charge in [0.1, 0.15) is 18.2 Å². The van der Waals surface area contributed by atoms with Crippen LogP contribution in [-0.2, 0) is 4.79 Å². The van der Waals surface area contributed by atoms with Crippen LogP contribution in [0.5, 0.6) is 0 Å². The summed E-state index contributed by atoms with van der Waals surface area (Å²) >= 11 is 0. The van der Waals surface area contributed by atoms with Crippen molar-refractivity contribution < 1.29 is 9.90 Å². The molecule has 24 heavy (non-hydrogen) atoms. The minimum atomic E-state index is -0.166. The summed E-state index contributed by atoms with van der Waals surface area (Å²) in [4.78, 5) is 23.4. The number of aromatic nitrogens is 2. The first kappa shape index (κ1) is 16.6. The quantitative estimate of drug-likeness (QED) is 0.759. The van der Waals surface area contributed by atoms with Crippen LogP contribution in [0.4, 0.5) is 5.82 Å². The van der Waals surface area contributed by atoms with Crippen molar-refractivity contribution in [2.24, 2.45) is 0 Å². The molecule has 0 saturated carbocycles. The molecule has 1 aliphatic heterocycles. The lowest BCUT2D eigenvalue weighted by molar-refractivity contribution is -0.122. The molecule has 2 heterocycles. The molecule has 2 N–H and O–H groups in total. The Hall–Kier alpha value is -2.21. The van der Waals surface area contributed by atoms with E-state index in [0.29, 0.717) is 6.54 Å². The van der Waals surface area contributed by atoms with Gasteiger partial charge in [0.25, 0.3) is 0 Å². The molecule has 2 aromatic rings. The number of nitrogens with zero attached hydrogens (tertiary/aromatic N) is 3. The van der Waals surface area contributed by atoms with E-state index in [0.717, 1.165) is 55.4 Å². The Morgan fingerprint density at radius 1 is 1.25 bits per heavy atom. The van der Waals surface area contributed by atoms with E-state index in [1.54, 1.807) is 6.33 Å². The third-order valence-electron chi connectivity index (χ3n) is 4.48. The highest BCUT2D eigenvalue weighted by Crippen LogP contribution is 2.29. The molecule has 1 amide bonds. The van der Waals surface area contributed by atoms with Crippen molar-refractivity contribution in [3.63, 3.8) is 0 Å². The van der Waals surface area contributed by atoms with E-state index >= 15 is 0 Å². The zero-order valence-electron chi connectivity index (χ0n) is 13.8. The number of rotatable bonds is 7. The van der Waals surface area contributed by atoms with Gasteiger partial charge in [-0.3, -0.25) is 4.79 Å². The molecular weight excluding hydrogens is 304 g/mol. The summed E-state index contributed by atoms with van der Waals surface area (Å²) in [6.07, 6.45) is 6.02. The Kier molecular flexibility index (Phi) is 5.59. The van der Waals surface area contributed by atoms with Crippen molar-refractivity contribution in [2.75, 3.05) is 24.6 Å². The minimum absolute atomic E-state index is 0.0687.